The summed E-state index contributed by atoms with van der Waals surface area (Å²) in [5.41, 5.74) is 1.65. The third kappa shape index (κ3) is 1.21. The van der Waals surface area contributed by atoms with Crippen LogP contribution in [0.5, 0.6) is 0 Å². The van der Waals surface area contributed by atoms with Gasteiger partial charge in [-0.05, 0) is 18.2 Å². The maximum absolute atomic E-state index is 11.7. The Labute approximate surface area is 99.0 Å². The number of hydrogen-bond donors (Lipinski definition) is 1. The van der Waals surface area contributed by atoms with Crippen molar-refractivity contribution in [1.29, 1.82) is 0 Å². The van der Waals surface area contributed by atoms with Crippen molar-refractivity contribution in [2.75, 3.05) is 0 Å². The van der Waals surface area contributed by atoms with E-state index in [0.717, 1.165) is 20.9 Å². The van der Waals surface area contributed by atoms with Crippen molar-refractivity contribution < 1.29 is 0 Å². The predicted molar refractivity (Wildman–Crippen MR) is 66.5 cm³/mol. The molecule has 5 heteroatoms. The average molecular weight is 278 g/mol. The lowest BCUT2D eigenvalue weighted by Crippen LogP contribution is -2.11. The van der Waals surface area contributed by atoms with Crippen molar-refractivity contribution in [3.8, 4) is 0 Å². The molecule has 0 bridgehead atoms. The van der Waals surface area contributed by atoms with E-state index in [-0.39, 0.29) is 5.56 Å². The van der Waals surface area contributed by atoms with Crippen molar-refractivity contribution in [3.05, 3.63) is 39.2 Å². The highest BCUT2D eigenvalue weighted by Crippen LogP contribution is 2.23. The van der Waals surface area contributed by atoms with Gasteiger partial charge in [0.05, 0.1) is 16.4 Å². The molecule has 0 atom stereocenters. The number of aromatic nitrogens is 3. The molecule has 1 aromatic carbocycles. The lowest BCUT2D eigenvalue weighted by atomic mass is 10.2. The Hall–Kier alpha value is -1.62. The summed E-state index contributed by atoms with van der Waals surface area (Å²) in [5.74, 6) is 0. The first-order chi connectivity index (χ1) is 7.66. The van der Waals surface area contributed by atoms with Crippen LogP contribution in [0.3, 0.4) is 0 Å². The molecule has 4 nitrogen and oxygen atoms in total. The van der Waals surface area contributed by atoms with Crippen LogP contribution < -0.4 is 5.56 Å². The van der Waals surface area contributed by atoms with E-state index in [1.807, 2.05) is 18.2 Å². The number of halogens is 1. The fourth-order valence-corrected chi connectivity index (χ4v) is 2.21. The summed E-state index contributed by atoms with van der Waals surface area (Å²) in [6, 6.07) is 5.81. The van der Waals surface area contributed by atoms with Crippen LogP contribution in [-0.2, 0) is 7.05 Å². The SMILES string of the molecule is Cn1[nH]c2c(cnc3ccc(Br)cc32)c1=O. The van der Waals surface area contributed by atoms with Crippen molar-refractivity contribution >= 4 is 37.7 Å². The second-order valence-corrected chi connectivity index (χ2v) is 4.60. The maximum Gasteiger partial charge on any atom is 0.275 e. The van der Waals surface area contributed by atoms with Crippen molar-refractivity contribution in [2.24, 2.45) is 7.05 Å². The van der Waals surface area contributed by atoms with Gasteiger partial charge in [-0.25, -0.2) is 0 Å². The maximum atomic E-state index is 11.7. The molecule has 2 aromatic heterocycles. The zero-order chi connectivity index (χ0) is 11.3. The molecule has 0 aliphatic heterocycles. The number of nitrogens with one attached hydrogen (secondary N) is 1. The molecule has 1 N–H and O–H groups in total. The van der Waals surface area contributed by atoms with Gasteiger partial charge in [-0.2, -0.15) is 0 Å². The Balaban J connectivity index is 2.62. The van der Waals surface area contributed by atoms with Crippen molar-refractivity contribution in [1.82, 2.24) is 14.8 Å². The summed E-state index contributed by atoms with van der Waals surface area (Å²) in [7, 11) is 1.70. The molecule has 0 spiro atoms. The Morgan fingerprint density at radius 3 is 3.00 bits per heavy atom. The number of pyridine rings is 1. The first kappa shape index (κ1) is 9.59. The summed E-state index contributed by atoms with van der Waals surface area (Å²) in [6.45, 7) is 0. The van der Waals surface area contributed by atoms with E-state index in [1.165, 1.54) is 4.68 Å². The monoisotopic (exact) mass is 277 g/mol. The molecular formula is C11H8BrN3O. The molecule has 3 rings (SSSR count). The van der Waals surface area contributed by atoms with Crippen LogP contribution in [0, 0.1) is 0 Å². The van der Waals surface area contributed by atoms with Gasteiger partial charge in [0.2, 0.25) is 0 Å². The molecule has 0 saturated heterocycles. The minimum atomic E-state index is -0.0515. The molecule has 0 radical (unpaired) electrons. The fraction of sp³-hybridized carbons (Fsp3) is 0.0909. The Kier molecular flexibility index (Phi) is 1.91. The molecule has 2 heterocycles. The lowest BCUT2D eigenvalue weighted by molar-refractivity contribution is 0.751. The number of H-pyrrole nitrogens is 1. The van der Waals surface area contributed by atoms with E-state index in [1.54, 1.807) is 13.2 Å². The molecule has 0 unspecified atom stereocenters. The molecule has 0 aliphatic rings. The van der Waals surface area contributed by atoms with Crippen molar-refractivity contribution in [3.63, 3.8) is 0 Å². The van der Waals surface area contributed by atoms with E-state index in [2.05, 4.69) is 26.0 Å². The number of rotatable bonds is 0. The minimum absolute atomic E-state index is 0.0515. The largest absolute Gasteiger partial charge is 0.294 e. The molecule has 0 aliphatic carbocycles. The second-order valence-electron chi connectivity index (χ2n) is 3.68. The first-order valence-electron chi connectivity index (χ1n) is 4.80. The predicted octanol–water partition coefficient (Wildman–Crippen LogP) is 2.18. The Morgan fingerprint density at radius 1 is 1.38 bits per heavy atom. The minimum Gasteiger partial charge on any atom is -0.294 e. The lowest BCUT2D eigenvalue weighted by Gasteiger charge is -1.98. The van der Waals surface area contributed by atoms with E-state index < -0.39 is 0 Å². The number of aryl methyl sites for hydroxylation is 1. The zero-order valence-corrected chi connectivity index (χ0v) is 10.1. The Morgan fingerprint density at radius 2 is 2.19 bits per heavy atom. The first-order valence-corrected chi connectivity index (χ1v) is 5.59. The standard InChI is InChI=1S/C11H8BrN3O/c1-15-11(16)8-5-13-9-3-2-6(12)4-7(9)10(8)14-15/h2-5,14H,1H3. The summed E-state index contributed by atoms with van der Waals surface area (Å²) < 4.78 is 2.44. The van der Waals surface area contributed by atoms with Crippen LogP contribution in [0.4, 0.5) is 0 Å². The molecule has 0 saturated carbocycles. The molecule has 0 amide bonds. The van der Waals surface area contributed by atoms with E-state index in [4.69, 9.17) is 0 Å². The van der Waals surface area contributed by atoms with Crippen LogP contribution >= 0.6 is 15.9 Å². The van der Waals surface area contributed by atoms with Gasteiger partial charge in [0.15, 0.2) is 0 Å². The molecule has 16 heavy (non-hydrogen) atoms. The fourth-order valence-electron chi connectivity index (χ4n) is 1.85. The topological polar surface area (TPSA) is 50.7 Å². The van der Waals surface area contributed by atoms with E-state index >= 15 is 0 Å². The Bertz CT molecular complexity index is 757. The van der Waals surface area contributed by atoms with Gasteiger partial charge in [-0.1, -0.05) is 15.9 Å². The van der Waals surface area contributed by atoms with Crippen LogP contribution in [0.1, 0.15) is 0 Å². The second kappa shape index (κ2) is 3.18. The smallest absolute Gasteiger partial charge is 0.275 e. The van der Waals surface area contributed by atoms with Gasteiger partial charge in [0, 0.05) is 23.1 Å². The number of hydrogen-bond acceptors (Lipinski definition) is 2. The third-order valence-electron chi connectivity index (χ3n) is 2.64. The van der Waals surface area contributed by atoms with Crippen LogP contribution in [0.25, 0.3) is 21.8 Å². The molecule has 0 fully saturated rings. The molecule has 80 valence electrons. The summed E-state index contributed by atoms with van der Waals surface area (Å²) >= 11 is 3.42. The quantitative estimate of drug-likeness (QED) is 0.685. The molecular weight excluding hydrogens is 270 g/mol. The number of nitrogens with zero attached hydrogens (tertiary/aromatic N) is 2. The highest BCUT2D eigenvalue weighted by atomic mass is 79.9. The van der Waals surface area contributed by atoms with Crippen molar-refractivity contribution in [2.45, 2.75) is 0 Å². The van der Waals surface area contributed by atoms with Gasteiger partial charge in [-0.3, -0.25) is 19.6 Å². The summed E-state index contributed by atoms with van der Waals surface area (Å²) in [5, 5.41) is 4.61. The van der Waals surface area contributed by atoms with Crippen LogP contribution in [0.2, 0.25) is 0 Å². The average Bonchev–Trinajstić information content (AvgIpc) is 2.56. The van der Waals surface area contributed by atoms with Crippen LogP contribution in [-0.4, -0.2) is 14.8 Å². The normalized spacial score (nSPS) is 11.4. The number of aromatic amines is 1. The van der Waals surface area contributed by atoms with Gasteiger partial charge in [-0.15, -0.1) is 0 Å². The number of fused-ring (bicyclic) bond motifs is 3. The summed E-state index contributed by atoms with van der Waals surface area (Å²) in [6.07, 6.45) is 1.62. The third-order valence-corrected chi connectivity index (χ3v) is 3.14. The van der Waals surface area contributed by atoms with E-state index in [0.29, 0.717) is 5.39 Å². The highest BCUT2D eigenvalue weighted by molar-refractivity contribution is 9.10. The highest BCUT2D eigenvalue weighted by Gasteiger charge is 2.08. The molecule has 3 aromatic rings. The number of benzene rings is 1. The van der Waals surface area contributed by atoms with E-state index in [9.17, 15) is 4.79 Å². The van der Waals surface area contributed by atoms with Crippen LogP contribution in [0.15, 0.2) is 33.7 Å². The summed E-state index contributed by atoms with van der Waals surface area (Å²) in [4.78, 5) is 16.0. The van der Waals surface area contributed by atoms with Gasteiger partial charge < -0.3 is 0 Å². The van der Waals surface area contributed by atoms with Gasteiger partial charge >= 0.3 is 0 Å². The van der Waals surface area contributed by atoms with Gasteiger partial charge in [0.1, 0.15) is 0 Å². The van der Waals surface area contributed by atoms with Gasteiger partial charge in [0.25, 0.3) is 5.56 Å². The zero-order valence-electron chi connectivity index (χ0n) is 8.49.